The molecule has 1 atom stereocenters. The molecule has 15 heavy (non-hydrogen) atoms. The van der Waals surface area contributed by atoms with Gasteiger partial charge >= 0.3 is 6.18 Å². The largest absolute Gasteiger partial charge is 0.755 e. The van der Waals surface area contributed by atoms with Crippen LogP contribution in [-0.4, -0.2) is 21.5 Å². The molecule has 0 N–H and O–H groups in total. The van der Waals surface area contributed by atoms with Gasteiger partial charge in [0.15, 0.2) is 0 Å². The second-order valence-electron chi connectivity index (χ2n) is 2.70. The maximum absolute atomic E-state index is 12.0. The summed E-state index contributed by atoms with van der Waals surface area (Å²) in [4.78, 5) is 0. The van der Waals surface area contributed by atoms with Crippen molar-refractivity contribution >= 4 is 17.0 Å². The summed E-state index contributed by atoms with van der Waals surface area (Å²) < 4.78 is 57.6. The van der Waals surface area contributed by atoms with E-state index in [1.807, 2.05) is 0 Å². The normalized spacial score (nSPS) is 13.6. The number of alkyl halides is 3. The van der Waals surface area contributed by atoms with Crippen LogP contribution in [0.25, 0.3) is 0 Å². The van der Waals surface area contributed by atoms with Crippen LogP contribution in [0.1, 0.15) is 0 Å². The van der Waals surface area contributed by atoms with E-state index in [2.05, 4.69) is 0 Å². The van der Waals surface area contributed by atoms with Crippen molar-refractivity contribution in [1.82, 2.24) is 0 Å². The lowest BCUT2D eigenvalue weighted by Crippen LogP contribution is -2.35. The molecule has 1 aromatic rings. The van der Waals surface area contributed by atoms with Gasteiger partial charge in [-0.25, -0.2) is 0 Å². The third-order valence-electron chi connectivity index (χ3n) is 1.55. The van der Waals surface area contributed by atoms with Gasteiger partial charge in [-0.2, -0.15) is 13.2 Å². The van der Waals surface area contributed by atoms with Gasteiger partial charge in [-0.15, -0.1) is 0 Å². The van der Waals surface area contributed by atoms with E-state index in [9.17, 15) is 21.9 Å². The highest BCUT2D eigenvalue weighted by molar-refractivity contribution is 7.80. The van der Waals surface area contributed by atoms with Gasteiger partial charge in [0, 0.05) is 17.0 Å². The molecule has 0 aromatic heterocycles. The molecule has 1 unspecified atom stereocenters. The van der Waals surface area contributed by atoms with E-state index in [-0.39, 0.29) is 9.99 Å². The number of halogens is 3. The summed E-state index contributed by atoms with van der Waals surface area (Å²) in [6, 6.07) is 7.10. The van der Waals surface area contributed by atoms with Crippen molar-refractivity contribution in [1.29, 1.82) is 0 Å². The first-order chi connectivity index (χ1) is 6.90. The molecule has 0 fully saturated rings. The molecule has 0 heterocycles. The molecule has 0 saturated heterocycles. The third kappa shape index (κ3) is 3.88. The summed E-state index contributed by atoms with van der Waals surface area (Å²) in [5, 5.41) is 0. The average Bonchev–Trinajstić information content (AvgIpc) is 2.14. The molecule has 0 bridgehead atoms. The predicted molar refractivity (Wildman–Crippen MR) is 48.8 cm³/mol. The SMILES string of the molecule is O=S([O-])N(CC(F)(F)F)c1ccccc1. The number of hydrogen-bond acceptors (Lipinski definition) is 2. The zero-order valence-electron chi connectivity index (χ0n) is 7.40. The first kappa shape index (κ1) is 12.0. The maximum Gasteiger partial charge on any atom is 0.406 e. The Hall–Kier alpha value is -1.08. The number of hydrogen-bond donors (Lipinski definition) is 0. The van der Waals surface area contributed by atoms with Crippen LogP contribution in [0.15, 0.2) is 30.3 Å². The molecule has 1 aromatic carbocycles. The van der Waals surface area contributed by atoms with Crippen LogP contribution in [-0.2, 0) is 11.3 Å². The van der Waals surface area contributed by atoms with Crippen molar-refractivity contribution in [2.75, 3.05) is 10.8 Å². The van der Waals surface area contributed by atoms with E-state index in [4.69, 9.17) is 0 Å². The van der Waals surface area contributed by atoms with Gasteiger partial charge in [0.05, 0.1) is 0 Å². The Kier molecular flexibility index (Phi) is 3.70. The fourth-order valence-corrected chi connectivity index (χ4v) is 1.53. The van der Waals surface area contributed by atoms with Crippen LogP contribution in [0.2, 0.25) is 0 Å². The minimum Gasteiger partial charge on any atom is -0.755 e. The lowest BCUT2D eigenvalue weighted by atomic mass is 10.3. The number of rotatable bonds is 3. The summed E-state index contributed by atoms with van der Waals surface area (Å²) in [5.41, 5.74) is -0.0110. The second kappa shape index (κ2) is 4.63. The van der Waals surface area contributed by atoms with Gasteiger partial charge in [-0.1, -0.05) is 18.2 Å². The molecule has 0 aliphatic rings. The summed E-state index contributed by atoms with van der Waals surface area (Å²) in [6.45, 7) is -1.52. The second-order valence-corrected chi connectivity index (χ2v) is 3.58. The van der Waals surface area contributed by atoms with Gasteiger partial charge in [0.2, 0.25) is 0 Å². The Morgan fingerprint density at radius 1 is 1.27 bits per heavy atom. The van der Waals surface area contributed by atoms with Crippen LogP contribution in [0.5, 0.6) is 0 Å². The van der Waals surface area contributed by atoms with Crippen molar-refractivity contribution < 1.29 is 21.9 Å². The number of benzene rings is 1. The molecule has 3 nitrogen and oxygen atoms in total. The Bertz CT molecular complexity index is 341. The van der Waals surface area contributed by atoms with Gasteiger partial charge in [-0.05, 0) is 12.1 Å². The van der Waals surface area contributed by atoms with Crippen molar-refractivity contribution in [3.05, 3.63) is 30.3 Å². The van der Waals surface area contributed by atoms with Crippen molar-refractivity contribution in [2.24, 2.45) is 0 Å². The fraction of sp³-hybridized carbons (Fsp3) is 0.250. The summed E-state index contributed by atoms with van der Waals surface area (Å²) in [7, 11) is 0. The van der Waals surface area contributed by atoms with E-state index >= 15 is 0 Å². The number of anilines is 1. The van der Waals surface area contributed by atoms with Crippen LogP contribution in [0, 0.1) is 0 Å². The van der Waals surface area contributed by atoms with E-state index in [1.54, 1.807) is 6.07 Å². The maximum atomic E-state index is 12.0. The Morgan fingerprint density at radius 2 is 1.80 bits per heavy atom. The molecule has 84 valence electrons. The third-order valence-corrected chi connectivity index (χ3v) is 2.25. The lowest BCUT2D eigenvalue weighted by Gasteiger charge is -2.27. The molecule has 0 saturated carbocycles. The highest BCUT2D eigenvalue weighted by atomic mass is 32.2. The quantitative estimate of drug-likeness (QED) is 0.754. The zero-order chi connectivity index (χ0) is 11.5. The molecule has 0 aliphatic carbocycles. The number of nitrogens with zero attached hydrogens (tertiary/aromatic N) is 1. The van der Waals surface area contributed by atoms with Gasteiger partial charge < -0.3 is 4.55 Å². The van der Waals surface area contributed by atoms with E-state index in [0.29, 0.717) is 0 Å². The molecule has 0 radical (unpaired) electrons. The van der Waals surface area contributed by atoms with Crippen molar-refractivity contribution in [2.45, 2.75) is 6.18 Å². The molecular formula is C8H7F3NO2S-. The van der Waals surface area contributed by atoms with Gasteiger partial charge in [0.1, 0.15) is 6.54 Å². The Labute approximate surface area is 86.9 Å². The van der Waals surface area contributed by atoms with Gasteiger partial charge in [-0.3, -0.25) is 8.51 Å². The first-order valence-electron chi connectivity index (χ1n) is 3.89. The minimum absolute atomic E-state index is 0.0110. The molecular weight excluding hydrogens is 231 g/mol. The van der Waals surface area contributed by atoms with Crippen molar-refractivity contribution in [3.63, 3.8) is 0 Å². The minimum atomic E-state index is -4.56. The fourth-order valence-electron chi connectivity index (χ4n) is 0.987. The van der Waals surface area contributed by atoms with Gasteiger partial charge in [0.25, 0.3) is 0 Å². The summed E-state index contributed by atoms with van der Waals surface area (Å²) >= 11 is -2.94. The highest BCUT2D eigenvalue weighted by Gasteiger charge is 2.31. The summed E-state index contributed by atoms with van der Waals surface area (Å²) in [5.74, 6) is 0. The van der Waals surface area contributed by atoms with Crippen LogP contribution in [0.3, 0.4) is 0 Å². The zero-order valence-corrected chi connectivity index (χ0v) is 8.22. The summed E-state index contributed by atoms with van der Waals surface area (Å²) in [6.07, 6.45) is -4.56. The Morgan fingerprint density at radius 3 is 2.20 bits per heavy atom. The predicted octanol–water partition coefficient (Wildman–Crippen LogP) is 1.85. The average molecular weight is 238 g/mol. The lowest BCUT2D eigenvalue weighted by molar-refractivity contribution is -0.117. The highest BCUT2D eigenvalue weighted by Crippen LogP contribution is 2.22. The molecule has 0 amide bonds. The van der Waals surface area contributed by atoms with E-state index in [1.165, 1.54) is 24.3 Å². The smallest absolute Gasteiger partial charge is 0.406 e. The Balaban J connectivity index is 2.90. The standard InChI is InChI=1S/C8H8F3NO2S/c9-8(10,11)6-12(15(13)14)7-4-2-1-3-5-7/h1-5H,6H2,(H,13,14)/p-1. The van der Waals surface area contributed by atoms with E-state index < -0.39 is 24.0 Å². The monoisotopic (exact) mass is 238 g/mol. The number of para-hydroxylation sites is 1. The molecule has 7 heteroatoms. The molecule has 0 spiro atoms. The van der Waals surface area contributed by atoms with E-state index in [0.717, 1.165) is 0 Å². The molecule has 1 rings (SSSR count). The topological polar surface area (TPSA) is 43.4 Å². The van der Waals surface area contributed by atoms with Crippen LogP contribution in [0.4, 0.5) is 18.9 Å². The van der Waals surface area contributed by atoms with Crippen molar-refractivity contribution in [3.8, 4) is 0 Å². The van der Waals surface area contributed by atoms with Crippen LogP contribution >= 0.6 is 0 Å². The molecule has 0 aliphatic heterocycles. The van der Waals surface area contributed by atoms with Crippen LogP contribution < -0.4 is 4.31 Å². The first-order valence-corrected chi connectivity index (χ1v) is 4.92.